The van der Waals surface area contributed by atoms with Crippen LogP contribution in [0.3, 0.4) is 0 Å². The Morgan fingerprint density at radius 2 is 1.67 bits per heavy atom. The highest BCUT2D eigenvalue weighted by atomic mass is 16.6. The Balaban J connectivity index is 1.46. The number of fused-ring (bicyclic) bond motifs is 3. The van der Waals surface area contributed by atoms with E-state index in [0.29, 0.717) is 56.9 Å². The van der Waals surface area contributed by atoms with Gasteiger partial charge in [-0.05, 0) is 118 Å². The van der Waals surface area contributed by atoms with Gasteiger partial charge in [-0.15, -0.1) is 5.10 Å². The van der Waals surface area contributed by atoms with Crippen LogP contribution >= 0.6 is 0 Å². The fraction of sp³-hybridized carbons (Fsp3) is 0.736. The summed E-state index contributed by atoms with van der Waals surface area (Å²) in [6.07, 6.45) is 15.1. The number of aliphatic hydroxyl groups is 4. The molecule has 5 rings (SSSR count). The third-order valence-electron chi connectivity index (χ3n) is 15.7. The van der Waals surface area contributed by atoms with Gasteiger partial charge in [-0.2, -0.15) is 5.11 Å². The number of esters is 1. The number of hydrogen-bond donors (Lipinski definition) is 4. The Labute approximate surface area is 408 Å². The molecular formula is C53H80N4O12. The highest BCUT2D eigenvalue weighted by Gasteiger charge is 2.53. The standard InChI is InChI=1S/C53H80N4O12/c1-31-14-10-9-11-15-32(2)46(67-8)26-40-19-17-37(7)53(66,69-40)50(63)51(64)57-21-13-12-16-44(57)52(65)68-47(34(4)24-38-18-20-41(39(25-38)29-58)43-28-54-56-55-43)27-45(60)33(3)23-36(6)49(62)42(30-59)48(61)35(5)22-31/h9-11,14-15,23,28,31,33-35,37-44,46-47,49,58-59,62,66H,12-13,16-22,24-27,29-30H2,1-8H3/b11-9?,14-10+,32-15?,36-23+/t31-,33-,34-,35-,37-,38+,39+,40+,41+,42+,43?,44+,46+,47+,49-,53-/m1/s1. The molecular weight excluding hydrogens is 885 g/mol. The van der Waals surface area contributed by atoms with Gasteiger partial charge in [0.1, 0.15) is 29.8 Å². The maximum Gasteiger partial charge on any atom is 0.329 e. The molecule has 5 aliphatic rings. The molecule has 0 aromatic heterocycles. The molecule has 1 saturated carbocycles. The van der Waals surface area contributed by atoms with Crippen LogP contribution in [0.15, 0.2) is 63.0 Å². The first-order chi connectivity index (χ1) is 32.8. The molecule has 1 aliphatic carbocycles. The quantitative estimate of drug-likeness (QED) is 0.123. The maximum atomic E-state index is 14.5. The predicted octanol–water partition coefficient (Wildman–Crippen LogP) is 6.44. The topological polar surface area (TPSA) is 234 Å². The van der Waals surface area contributed by atoms with E-state index in [0.717, 1.165) is 18.4 Å². The number of Topliss-reactive ketones (excluding diaryl/α,β-unsaturated/α-hetero) is 3. The smallest absolute Gasteiger partial charge is 0.329 e. The van der Waals surface area contributed by atoms with Crippen LogP contribution in [-0.2, 0) is 38.2 Å². The Morgan fingerprint density at radius 3 is 2.35 bits per heavy atom. The summed E-state index contributed by atoms with van der Waals surface area (Å²) in [4.78, 5) is 72.2. The van der Waals surface area contributed by atoms with E-state index in [2.05, 4.69) is 15.4 Å². The summed E-state index contributed by atoms with van der Waals surface area (Å²) in [6, 6.07) is -1.35. The number of amides is 1. The molecule has 4 N–H and O–H groups in total. The molecule has 69 heavy (non-hydrogen) atoms. The van der Waals surface area contributed by atoms with Crippen LogP contribution in [0.25, 0.3) is 0 Å². The number of carbonyl (C=O) groups excluding carboxylic acids is 5. The first-order valence-electron chi connectivity index (χ1n) is 25.4. The fourth-order valence-corrected chi connectivity index (χ4v) is 11.2. The molecule has 384 valence electrons. The Kier molecular flexibility index (Phi) is 20.9. The number of aliphatic hydroxyl groups excluding tert-OH is 3. The normalized spacial score (nSPS) is 39.3. The fourth-order valence-electron chi connectivity index (χ4n) is 11.2. The maximum absolute atomic E-state index is 14.5. The van der Waals surface area contributed by atoms with Gasteiger partial charge >= 0.3 is 5.97 Å². The summed E-state index contributed by atoms with van der Waals surface area (Å²) in [6.45, 7) is 12.0. The van der Waals surface area contributed by atoms with E-state index in [4.69, 9.17) is 14.2 Å². The Morgan fingerprint density at radius 1 is 0.913 bits per heavy atom. The zero-order valence-electron chi connectivity index (χ0n) is 42.2. The minimum absolute atomic E-state index is 0.0121. The largest absolute Gasteiger partial charge is 0.460 e. The van der Waals surface area contributed by atoms with Gasteiger partial charge in [-0.3, -0.25) is 19.2 Å². The SMILES string of the molecule is CO[C@H]1C[C@@H]2CC[C@@H](C)[C@@](O)(O2)C(=O)C(=O)N2CCCC[C@H]2C(=O)O[C@H]([C@H](C)C[C@@H]2CC[C@H](C3C=NN=N3)[C@H](CO)C2)CC(=O)[C@H](C)/C=C(\C)[C@@H](O)[C@@H](CO)C(=O)[C@H](C)C[C@H](C)/C=C/C=CC=C1C. The van der Waals surface area contributed by atoms with Crippen molar-refractivity contribution in [2.45, 2.75) is 168 Å². The predicted molar refractivity (Wildman–Crippen MR) is 259 cm³/mol. The van der Waals surface area contributed by atoms with Crippen molar-refractivity contribution in [2.75, 3.05) is 26.9 Å². The second-order valence-corrected chi connectivity index (χ2v) is 20.9. The summed E-state index contributed by atoms with van der Waals surface area (Å²) in [5.74, 6) is -9.27. The van der Waals surface area contributed by atoms with Gasteiger partial charge in [0, 0.05) is 50.9 Å². The lowest BCUT2D eigenvalue weighted by molar-refractivity contribution is -0.265. The minimum atomic E-state index is -2.44. The van der Waals surface area contributed by atoms with Crippen molar-refractivity contribution in [1.29, 1.82) is 0 Å². The number of rotatable bonds is 7. The third-order valence-corrected chi connectivity index (χ3v) is 15.7. The molecule has 4 aliphatic heterocycles. The van der Waals surface area contributed by atoms with Gasteiger partial charge in [-0.25, -0.2) is 4.79 Å². The molecule has 16 atom stereocenters. The molecule has 0 aromatic rings. The molecule has 0 radical (unpaired) electrons. The molecule has 1 amide bonds. The number of cyclic esters (lactones) is 1. The van der Waals surface area contributed by atoms with Gasteiger partial charge in [-0.1, -0.05) is 77.5 Å². The summed E-state index contributed by atoms with van der Waals surface area (Å²) < 4.78 is 18.3. The van der Waals surface area contributed by atoms with E-state index >= 15 is 0 Å². The van der Waals surface area contributed by atoms with Gasteiger partial charge in [0.05, 0.1) is 37.1 Å². The number of methoxy groups -OCH3 is 1. The molecule has 2 saturated heterocycles. The Hall–Kier alpha value is -4.06. The van der Waals surface area contributed by atoms with Crippen molar-refractivity contribution in [3.63, 3.8) is 0 Å². The average molecular weight is 965 g/mol. The molecule has 4 heterocycles. The summed E-state index contributed by atoms with van der Waals surface area (Å²) in [5.41, 5.74) is 1.22. The number of nitrogens with zero attached hydrogens (tertiary/aromatic N) is 4. The van der Waals surface area contributed by atoms with Crippen molar-refractivity contribution >= 4 is 35.4 Å². The van der Waals surface area contributed by atoms with E-state index in [-0.39, 0.29) is 73.2 Å². The lowest BCUT2D eigenvalue weighted by Crippen LogP contribution is -2.61. The number of piperidine rings is 1. The number of ether oxygens (including phenoxy) is 3. The van der Waals surface area contributed by atoms with Gasteiger partial charge < -0.3 is 39.5 Å². The second kappa shape index (κ2) is 25.9. The number of allylic oxidation sites excluding steroid dienone is 6. The van der Waals surface area contributed by atoms with Crippen molar-refractivity contribution in [2.24, 2.45) is 68.7 Å². The van der Waals surface area contributed by atoms with Crippen molar-refractivity contribution < 1.29 is 58.6 Å². The molecule has 1 unspecified atom stereocenters. The lowest BCUT2D eigenvalue weighted by atomic mass is 9.69. The second-order valence-electron chi connectivity index (χ2n) is 20.9. The summed E-state index contributed by atoms with van der Waals surface area (Å²) in [5, 5.41) is 56.2. The van der Waals surface area contributed by atoms with Crippen molar-refractivity contribution in [1.82, 2.24) is 4.90 Å². The molecule has 3 fully saturated rings. The third kappa shape index (κ3) is 14.3. The Bertz CT molecular complexity index is 1970. The number of hydrogen-bond acceptors (Lipinski definition) is 15. The van der Waals surface area contributed by atoms with Crippen LogP contribution in [0, 0.1) is 53.3 Å². The highest BCUT2D eigenvalue weighted by molar-refractivity contribution is 6.39. The van der Waals surface area contributed by atoms with Crippen molar-refractivity contribution in [3.05, 3.63) is 47.6 Å². The van der Waals surface area contributed by atoms with E-state index in [9.17, 15) is 44.4 Å². The van der Waals surface area contributed by atoms with Gasteiger partial charge in [0.25, 0.3) is 11.7 Å². The van der Waals surface area contributed by atoms with Gasteiger partial charge in [0.15, 0.2) is 0 Å². The van der Waals surface area contributed by atoms with Crippen LogP contribution in [0.5, 0.6) is 0 Å². The molecule has 0 spiro atoms. The number of ketones is 3. The highest BCUT2D eigenvalue weighted by Crippen LogP contribution is 2.41. The summed E-state index contributed by atoms with van der Waals surface area (Å²) in [7, 11) is 1.57. The number of carbonyl (C=O) groups is 5. The van der Waals surface area contributed by atoms with Crippen LogP contribution in [-0.4, -0.2) is 130 Å². The first kappa shape index (κ1) is 55.9. The molecule has 16 heteroatoms. The summed E-state index contributed by atoms with van der Waals surface area (Å²) >= 11 is 0. The zero-order chi connectivity index (χ0) is 50.6. The molecule has 2 bridgehead atoms. The van der Waals surface area contributed by atoms with Gasteiger partial charge in [0.2, 0.25) is 5.79 Å². The lowest BCUT2D eigenvalue weighted by Gasteiger charge is -2.42. The van der Waals surface area contributed by atoms with E-state index in [1.165, 1.54) is 4.90 Å². The van der Waals surface area contributed by atoms with Crippen LogP contribution < -0.4 is 0 Å². The van der Waals surface area contributed by atoms with Crippen LogP contribution in [0.1, 0.15) is 126 Å². The van der Waals surface area contributed by atoms with E-state index in [1.54, 1.807) is 47.1 Å². The van der Waals surface area contributed by atoms with Crippen LogP contribution in [0.4, 0.5) is 0 Å². The molecule has 0 aromatic carbocycles. The van der Waals surface area contributed by atoms with Crippen LogP contribution in [0.2, 0.25) is 0 Å². The van der Waals surface area contributed by atoms with E-state index in [1.807, 2.05) is 51.2 Å². The zero-order valence-corrected chi connectivity index (χ0v) is 42.2. The molecule has 16 nitrogen and oxygen atoms in total. The van der Waals surface area contributed by atoms with Crippen molar-refractivity contribution in [3.8, 4) is 0 Å². The first-order valence-corrected chi connectivity index (χ1v) is 25.4. The van der Waals surface area contributed by atoms with E-state index < -0.39 is 84.2 Å². The average Bonchev–Trinajstić information content (AvgIpc) is 3.88. The minimum Gasteiger partial charge on any atom is -0.460 e. The monoisotopic (exact) mass is 965 g/mol.